The Morgan fingerprint density at radius 1 is 1.35 bits per heavy atom. The minimum atomic E-state index is -3.64. The summed E-state index contributed by atoms with van der Waals surface area (Å²) >= 11 is 10.5. The lowest BCUT2D eigenvalue weighted by molar-refractivity contribution is 0.470. The van der Waals surface area contributed by atoms with Crippen molar-refractivity contribution < 1.29 is 8.42 Å². The van der Waals surface area contributed by atoms with E-state index in [0.717, 1.165) is 4.88 Å². The lowest BCUT2D eigenvalue weighted by Gasteiger charge is -2.17. The van der Waals surface area contributed by atoms with Gasteiger partial charge in [-0.05, 0) is 30.3 Å². The molecule has 108 valence electrons. The van der Waals surface area contributed by atoms with Crippen molar-refractivity contribution in [2.75, 3.05) is 12.8 Å². The van der Waals surface area contributed by atoms with Crippen LogP contribution in [0.3, 0.4) is 0 Å². The maximum atomic E-state index is 12.5. The average molecular weight is 396 g/mol. The topological polar surface area (TPSA) is 63.4 Å². The lowest BCUT2D eigenvalue weighted by atomic mass is 10.3. The molecule has 0 bridgehead atoms. The van der Waals surface area contributed by atoms with Crippen molar-refractivity contribution in [3.8, 4) is 0 Å². The molecule has 0 unspecified atom stereocenters. The molecule has 0 aliphatic carbocycles. The average Bonchev–Trinajstić information content (AvgIpc) is 2.77. The Morgan fingerprint density at radius 3 is 2.65 bits per heavy atom. The smallest absolute Gasteiger partial charge is 0.245 e. The first-order chi connectivity index (χ1) is 9.30. The monoisotopic (exact) mass is 394 g/mol. The van der Waals surface area contributed by atoms with Crippen LogP contribution in [0.2, 0.25) is 4.34 Å². The van der Waals surface area contributed by atoms with Crippen molar-refractivity contribution in [2.45, 2.75) is 11.4 Å². The number of benzene rings is 1. The zero-order chi connectivity index (χ0) is 14.9. The van der Waals surface area contributed by atoms with Gasteiger partial charge in [0, 0.05) is 22.9 Å². The highest BCUT2D eigenvalue weighted by molar-refractivity contribution is 9.10. The minimum Gasteiger partial charge on any atom is -0.398 e. The van der Waals surface area contributed by atoms with Gasteiger partial charge in [0.15, 0.2) is 0 Å². The van der Waals surface area contributed by atoms with E-state index in [2.05, 4.69) is 15.9 Å². The number of thiophene rings is 1. The van der Waals surface area contributed by atoms with Crippen LogP contribution in [0.5, 0.6) is 0 Å². The van der Waals surface area contributed by atoms with Crippen LogP contribution < -0.4 is 5.73 Å². The van der Waals surface area contributed by atoms with Gasteiger partial charge in [0.25, 0.3) is 0 Å². The Balaban J connectivity index is 2.32. The molecule has 4 nitrogen and oxygen atoms in total. The van der Waals surface area contributed by atoms with Crippen LogP contribution in [-0.4, -0.2) is 19.8 Å². The van der Waals surface area contributed by atoms with Gasteiger partial charge in [0.2, 0.25) is 10.0 Å². The first-order valence-electron chi connectivity index (χ1n) is 5.56. The number of anilines is 1. The number of rotatable bonds is 4. The van der Waals surface area contributed by atoms with Crippen LogP contribution in [-0.2, 0) is 16.6 Å². The summed E-state index contributed by atoms with van der Waals surface area (Å²) in [6.45, 7) is 0.256. The zero-order valence-corrected chi connectivity index (χ0v) is 14.5. The van der Waals surface area contributed by atoms with Gasteiger partial charge in [0.05, 0.1) is 10.0 Å². The quantitative estimate of drug-likeness (QED) is 0.805. The Hall–Kier alpha value is -0.600. The Bertz CT molecular complexity index is 731. The van der Waals surface area contributed by atoms with Gasteiger partial charge in [-0.25, -0.2) is 8.42 Å². The predicted octanol–water partition coefficient (Wildman–Crippen LogP) is 3.57. The normalized spacial score (nSPS) is 12.0. The van der Waals surface area contributed by atoms with Crippen LogP contribution >= 0.6 is 38.9 Å². The van der Waals surface area contributed by atoms with Gasteiger partial charge >= 0.3 is 0 Å². The molecule has 20 heavy (non-hydrogen) atoms. The van der Waals surface area contributed by atoms with Crippen molar-refractivity contribution in [1.29, 1.82) is 0 Å². The van der Waals surface area contributed by atoms with E-state index in [-0.39, 0.29) is 17.1 Å². The molecule has 0 atom stereocenters. The molecule has 2 N–H and O–H groups in total. The molecule has 0 spiro atoms. The fraction of sp³-hybridized carbons (Fsp3) is 0.167. The molecule has 8 heteroatoms. The molecule has 0 amide bonds. The van der Waals surface area contributed by atoms with Crippen molar-refractivity contribution in [1.82, 2.24) is 4.31 Å². The predicted molar refractivity (Wildman–Crippen MR) is 86.5 cm³/mol. The number of hydrogen-bond acceptors (Lipinski definition) is 4. The molecule has 2 rings (SSSR count). The molecular formula is C12H12BrClN2O2S2. The third-order valence-corrected chi connectivity index (χ3v) is 6.24. The van der Waals surface area contributed by atoms with E-state index < -0.39 is 10.0 Å². The first kappa shape index (κ1) is 15.8. The summed E-state index contributed by atoms with van der Waals surface area (Å²) < 4.78 is 27.6. The maximum absolute atomic E-state index is 12.5. The molecule has 1 aromatic heterocycles. The van der Waals surface area contributed by atoms with Crippen LogP contribution in [0.15, 0.2) is 39.7 Å². The SMILES string of the molecule is CN(Cc1ccc(Cl)s1)S(=O)(=O)c1cc(Br)ccc1N. The molecule has 1 aromatic carbocycles. The van der Waals surface area contributed by atoms with Gasteiger partial charge < -0.3 is 5.73 Å². The zero-order valence-electron chi connectivity index (χ0n) is 10.5. The largest absolute Gasteiger partial charge is 0.398 e. The third-order valence-electron chi connectivity index (χ3n) is 2.67. The maximum Gasteiger partial charge on any atom is 0.245 e. The lowest BCUT2D eigenvalue weighted by Crippen LogP contribution is -2.26. The number of nitrogens with two attached hydrogens (primary N) is 1. The standard InChI is InChI=1S/C12H12BrClN2O2S2/c1-16(7-9-3-5-12(14)19-9)20(17,18)11-6-8(13)2-4-10(11)15/h2-6H,7,15H2,1H3. The second kappa shape index (κ2) is 6.03. The van der Waals surface area contributed by atoms with Crippen molar-refractivity contribution >= 4 is 54.6 Å². The molecule has 0 saturated carbocycles. The van der Waals surface area contributed by atoms with Gasteiger partial charge in [-0.15, -0.1) is 11.3 Å². The van der Waals surface area contributed by atoms with Crippen LogP contribution in [0.25, 0.3) is 0 Å². The van der Waals surface area contributed by atoms with E-state index in [1.165, 1.54) is 28.8 Å². The van der Waals surface area contributed by atoms with Gasteiger partial charge in [-0.2, -0.15) is 4.31 Å². The molecule has 1 heterocycles. The van der Waals surface area contributed by atoms with Crippen molar-refractivity contribution in [3.63, 3.8) is 0 Å². The summed E-state index contributed by atoms with van der Waals surface area (Å²) in [5.41, 5.74) is 5.99. The second-order valence-electron chi connectivity index (χ2n) is 4.15. The first-order valence-corrected chi connectivity index (χ1v) is 8.99. The molecular weight excluding hydrogens is 384 g/mol. The summed E-state index contributed by atoms with van der Waals surface area (Å²) in [6, 6.07) is 8.32. The van der Waals surface area contributed by atoms with Gasteiger partial charge in [0.1, 0.15) is 4.90 Å². The summed E-state index contributed by atoms with van der Waals surface area (Å²) in [5.74, 6) is 0. The Labute approximate surface area is 135 Å². The number of sulfonamides is 1. The fourth-order valence-corrected chi connectivity index (χ4v) is 4.66. The van der Waals surface area contributed by atoms with Crippen LogP contribution in [0, 0.1) is 0 Å². The second-order valence-corrected chi connectivity index (χ2v) is 8.88. The molecule has 2 aromatic rings. The highest BCUT2D eigenvalue weighted by Crippen LogP contribution is 2.28. The number of nitrogen functional groups attached to an aromatic ring is 1. The highest BCUT2D eigenvalue weighted by Gasteiger charge is 2.24. The number of hydrogen-bond donors (Lipinski definition) is 1. The van der Waals surface area contributed by atoms with E-state index in [0.29, 0.717) is 8.81 Å². The van der Waals surface area contributed by atoms with E-state index >= 15 is 0 Å². The molecule has 0 saturated heterocycles. The fourth-order valence-electron chi connectivity index (χ4n) is 1.64. The van der Waals surface area contributed by atoms with Gasteiger partial charge in [-0.3, -0.25) is 0 Å². The Morgan fingerprint density at radius 2 is 2.05 bits per heavy atom. The third kappa shape index (κ3) is 3.35. The molecule has 0 aliphatic heterocycles. The van der Waals surface area contributed by atoms with Crippen LogP contribution in [0.1, 0.15) is 4.88 Å². The molecule has 0 radical (unpaired) electrons. The summed E-state index contributed by atoms with van der Waals surface area (Å²) in [4.78, 5) is 0.965. The Kier molecular flexibility index (Phi) is 4.76. The number of nitrogens with zero attached hydrogens (tertiary/aromatic N) is 1. The van der Waals surface area contributed by atoms with E-state index in [9.17, 15) is 8.42 Å². The summed E-state index contributed by atoms with van der Waals surface area (Å²) in [6.07, 6.45) is 0. The minimum absolute atomic E-state index is 0.0945. The van der Waals surface area contributed by atoms with E-state index in [1.807, 2.05) is 6.07 Å². The number of halogens is 2. The molecule has 0 aliphatic rings. The summed E-state index contributed by atoms with van der Waals surface area (Å²) in [7, 11) is -2.12. The van der Waals surface area contributed by atoms with E-state index in [4.69, 9.17) is 17.3 Å². The van der Waals surface area contributed by atoms with Gasteiger partial charge in [-0.1, -0.05) is 27.5 Å². The van der Waals surface area contributed by atoms with Crippen molar-refractivity contribution in [2.24, 2.45) is 0 Å². The van der Waals surface area contributed by atoms with Crippen LogP contribution in [0.4, 0.5) is 5.69 Å². The highest BCUT2D eigenvalue weighted by atomic mass is 79.9. The summed E-state index contributed by atoms with van der Waals surface area (Å²) in [5, 5.41) is 0. The van der Waals surface area contributed by atoms with Crippen molar-refractivity contribution in [3.05, 3.63) is 44.0 Å². The van der Waals surface area contributed by atoms with E-state index in [1.54, 1.807) is 18.2 Å². The molecule has 0 fully saturated rings.